The van der Waals surface area contributed by atoms with Crippen LogP contribution >= 0.6 is 0 Å². The summed E-state index contributed by atoms with van der Waals surface area (Å²) in [7, 11) is -0.536. The number of aromatic nitrogens is 3. The lowest BCUT2D eigenvalue weighted by atomic mass is 9.76. The third kappa shape index (κ3) is 3.42. The van der Waals surface area contributed by atoms with E-state index in [-0.39, 0.29) is 16.9 Å². The normalized spacial score (nSPS) is 22.0. The second kappa shape index (κ2) is 6.50. The molecule has 0 radical (unpaired) electrons. The number of aliphatic hydroxyl groups excluding tert-OH is 1. The minimum atomic E-state index is -3.72. The van der Waals surface area contributed by atoms with Gasteiger partial charge < -0.3 is 9.84 Å². The van der Waals surface area contributed by atoms with Crippen molar-refractivity contribution in [3.05, 3.63) is 36.3 Å². The molecule has 3 rings (SSSR count). The molecule has 9 heteroatoms. The monoisotopic (exact) mass is 352 g/mol. The molecule has 1 fully saturated rings. The van der Waals surface area contributed by atoms with Crippen LogP contribution in [0.25, 0.3) is 0 Å². The van der Waals surface area contributed by atoms with Gasteiger partial charge in [-0.2, -0.15) is 5.10 Å². The molecule has 2 heterocycles. The number of sulfonamides is 1. The number of nitrogens with zero attached hydrogens (tertiary/aromatic N) is 3. The molecule has 0 amide bonds. The summed E-state index contributed by atoms with van der Waals surface area (Å²) in [5.41, 5.74) is 0.736. The first-order valence-corrected chi connectivity index (χ1v) is 9.06. The lowest BCUT2D eigenvalue weighted by Crippen LogP contribution is -2.41. The van der Waals surface area contributed by atoms with E-state index in [1.807, 2.05) is 0 Å². The molecule has 0 aliphatic heterocycles. The van der Waals surface area contributed by atoms with Crippen molar-refractivity contribution in [1.29, 1.82) is 0 Å². The van der Waals surface area contributed by atoms with Crippen molar-refractivity contribution in [3.8, 4) is 5.88 Å². The molecule has 1 saturated carbocycles. The Labute approximate surface area is 140 Å². The number of ether oxygens (including phenoxy) is 1. The first-order chi connectivity index (χ1) is 11.4. The summed E-state index contributed by atoms with van der Waals surface area (Å²) < 4.78 is 34.4. The van der Waals surface area contributed by atoms with E-state index in [9.17, 15) is 13.5 Å². The Kier molecular flexibility index (Phi) is 4.57. The maximum Gasteiger partial charge on any atom is 0.244 e. The third-order valence-corrected chi connectivity index (χ3v) is 5.62. The smallest absolute Gasteiger partial charge is 0.244 e. The molecule has 130 valence electrons. The van der Waals surface area contributed by atoms with E-state index in [4.69, 9.17) is 4.74 Å². The van der Waals surface area contributed by atoms with Crippen LogP contribution < -0.4 is 9.46 Å². The molecule has 0 saturated heterocycles. The first-order valence-electron chi connectivity index (χ1n) is 7.58. The van der Waals surface area contributed by atoms with Crippen molar-refractivity contribution in [3.63, 3.8) is 0 Å². The summed E-state index contributed by atoms with van der Waals surface area (Å²) in [6.07, 6.45) is 5.06. The molecule has 2 N–H and O–H groups in total. The van der Waals surface area contributed by atoms with Crippen molar-refractivity contribution in [1.82, 2.24) is 19.5 Å². The quantitative estimate of drug-likeness (QED) is 0.789. The standard InChI is InChI=1S/C15H20N4O4S/c1-19-9-13(8-17-19)24(21,22)18-15(11-5-12(20)6-11)10-3-4-14(23-2)16-7-10/h3-4,7-9,11-12,15,18,20H,5-6H2,1-2H3. The highest BCUT2D eigenvalue weighted by atomic mass is 32.2. The Morgan fingerprint density at radius 2 is 2.12 bits per heavy atom. The van der Waals surface area contributed by atoms with E-state index >= 15 is 0 Å². The minimum Gasteiger partial charge on any atom is -0.481 e. The summed E-state index contributed by atoms with van der Waals surface area (Å²) in [4.78, 5) is 4.26. The average molecular weight is 352 g/mol. The number of nitrogens with one attached hydrogen (secondary N) is 1. The Hall–Kier alpha value is -1.97. The Bertz CT molecular complexity index is 797. The summed E-state index contributed by atoms with van der Waals surface area (Å²) in [6.45, 7) is 0. The molecule has 1 aliphatic carbocycles. The molecule has 0 aromatic carbocycles. The van der Waals surface area contributed by atoms with Crippen LogP contribution in [0.15, 0.2) is 35.6 Å². The molecule has 1 aliphatic rings. The molecule has 2 aromatic heterocycles. The van der Waals surface area contributed by atoms with E-state index in [1.54, 1.807) is 25.4 Å². The number of aryl methyl sites for hydroxylation is 1. The van der Waals surface area contributed by atoms with Crippen molar-refractivity contribution < 1.29 is 18.3 Å². The lowest BCUT2D eigenvalue weighted by Gasteiger charge is -2.37. The highest BCUT2D eigenvalue weighted by molar-refractivity contribution is 7.89. The van der Waals surface area contributed by atoms with E-state index in [0.717, 1.165) is 5.56 Å². The fourth-order valence-corrected chi connectivity index (χ4v) is 4.08. The number of rotatable bonds is 6. The van der Waals surface area contributed by atoms with Crippen LogP contribution in [0.2, 0.25) is 0 Å². The van der Waals surface area contributed by atoms with Gasteiger partial charge in [0.1, 0.15) is 4.90 Å². The average Bonchev–Trinajstić information content (AvgIpc) is 2.97. The van der Waals surface area contributed by atoms with Gasteiger partial charge in [0.25, 0.3) is 0 Å². The van der Waals surface area contributed by atoms with Crippen LogP contribution in [0.4, 0.5) is 0 Å². The van der Waals surface area contributed by atoms with Gasteiger partial charge in [0, 0.05) is 25.5 Å². The number of pyridine rings is 1. The van der Waals surface area contributed by atoms with Crippen molar-refractivity contribution in [2.24, 2.45) is 13.0 Å². The molecule has 1 atom stereocenters. The summed E-state index contributed by atoms with van der Waals surface area (Å²) >= 11 is 0. The van der Waals surface area contributed by atoms with Gasteiger partial charge in [0.05, 0.1) is 25.5 Å². The van der Waals surface area contributed by atoms with Gasteiger partial charge in [-0.3, -0.25) is 4.68 Å². The van der Waals surface area contributed by atoms with Crippen LogP contribution in [-0.4, -0.2) is 41.5 Å². The van der Waals surface area contributed by atoms with Crippen LogP contribution in [-0.2, 0) is 17.1 Å². The van der Waals surface area contributed by atoms with E-state index in [1.165, 1.54) is 24.2 Å². The zero-order chi connectivity index (χ0) is 17.3. The van der Waals surface area contributed by atoms with Crippen molar-refractivity contribution in [2.75, 3.05) is 7.11 Å². The Balaban J connectivity index is 1.87. The van der Waals surface area contributed by atoms with Crippen molar-refractivity contribution in [2.45, 2.75) is 29.9 Å². The first kappa shape index (κ1) is 16.9. The second-order valence-electron chi connectivity index (χ2n) is 5.97. The molecule has 24 heavy (non-hydrogen) atoms. The predicted molar refractivity (Wildman–Crippen MR) is 85.8 cm³/mol. The van der Waals surface area contributed by atoms with Crippen LogP contribution in [0.3, 0.4) is 0 Å². The highest BCUT2D eigenvalue weighted by Crippen LogP contribution is 2.39. The SMILES string of the molecule is COc1ccc(C(NS(=O)(=O)c2cnn(C)c2)C2CC(O)C2)cn1. The van der Waals surface area contributed by atoms with Crippen LogP contribution in [0, 0.1) is 5.92 Å². The molecule has 0 bridgehead atoms. The predicted octanol–water partition coefficient (Wildman–Crippen LogP) is 0.614. The molecular weight excluding hydrogens is 332 g/mol. The Morgan fingerprint density at radius 3 is 2.62 bits per heavy atom. The van der Waals surface area contributed by atoms with Gasteiger partial charge in [0.2, 0.25) is 15.9 Å². The summed E-state index contributed by atoms with van der Waals surface area (Å²) in [5, 5.41) is 13.5. The fourth-order valence-electron chi connectivity index (χ4n) is 2.81. The van der Waals surface area contributed by atoms with Gasteiger partial charge in [-0.05, 0) is 24.3 Å². The van der Waals surface area contributed by atoms with E-state index in [0.29, 0.717) is 18.7 Å². The fraction of sp³-hybridized carbons (Fsp3) is 0.467. The molecular formula is C15H20N4O4S. The zero-order valence-corrected chi connectivity index (χ0v) is 14.3. The number of hydrogen-bond donors (Lipinski definition) is 2. The van der Waals surface area contributed by atoms with Gasteiger partial charge >= 0.3 is 0 Å². The molecule has 8 nitrogen and oxygen atoms in total. The lowest BCUT2D eigenvalue weighted by molar-refractivity contribution is 0.0279. The number of aliphatic hydroxyl groups is 1. The highest BCUT2D eigenvalue weighted by Gasteiger charge is 2.37. The Morgan fingerprint density at radius 1 is 1.38 bits per heavy atom. The summed E-state index contributed by atoms with van der Waals surface area (Å²) in [5.74, 6) is 0.475. The van der Waals surface area contributed by atoms with Crippen molar-refractivity contribution >= 4 is 10.0 Å². The maximum atomic E-state index is 12.6. The van der Waals surface area contributed by atoms with E-state index < -0.39 is 16.1 Å². The van der Waals surface area contributed by atoms with Crippen LogP contribution in [0.1, 0.15) is 24.4 Å². The maximum absolute atomic E-state index is 12.6. The largest absolute Gasteiger partial charge is 0.481 e. The number of hydrogen-bond acceptors (Lipinski definition) is 6. The zero-order valence-electron chi connectivity index (χ0n) is 13.5. The second-order valence-corrected chi connectivity index (χ2v) is 7.68. The van der Waals surface area contributed by atoms with Gasteiger partial charge in [0.15, 0.2) is 0 Å². The topological polar surface area (TPSA) is 106 Å². The van der Waals surface area contributed by atoms with Gasteiger partial charge in [-0.25, -0.2) is 18.1 Å². The minimum absolute atomic E-state index is 0.0154. The summed E-state index contributed by atoms with van der Waals surface area (Å²) in [6, 6.07) is 3.01. The van der Waals surface area contributed by atoms with Gasteiger partial charge in [-0.1, -0.05) is 6.07 Å². The van der Waals surface area contributed by atoms with Crippen LogP contribution in [0.5, 0.6) is 5.88 Å². The molecule has 1 unspecified atom stereocenters. The number of methoxy groups -OCH3 is 1. The van der Waals surface area contributed by atoms with E-state index in [2.05, 4.69) is 14.8 Å². The third-order valence-electron chi connectivity index (χ3n) is 4.22. The molecule has 2 aromatic rings. The van der Waals surface area contributed by atoms with Gasteiger partial charge in [-0.15, -0.1) is 0 Å². The molecule has 0 spiro atoms.